The molecule has 5 heteroatoms. The Labute approximate surface area is 150 Å². The van der Waals surface area contributed by atoms with E-state index in [0.717, 1.165) is 29.1 Å². The van der Waals surface area contributed by atoms with Gasteiger partial charge in [-0.2, -0.15) is 0 Å². The molecule has 25 heavy (non-hydrogen) atoms. The second-order valence-corrected chi connectivity index (χ2v) is 6.41. The van der Waals surface area contributed by atoms with E-state index in [-0.39, 0.29) is 5.56 Å². The van der Waals surface area contributed by atoms with Crippen LogP contribution in [0.4, 0.5) is 0 Å². The van der Waals surface area contributed by atoms with Crippen molar-refractivity contribution in [2.24, 2.45) is 0 Å². The number of hydrogen-bond acceptors (Lipinski definition) is 3. The molecule has 4 nitrogen and oxygen atoms in total. The van der Waals surface area contributed by atoms with Gasteiger partial charge in [-0.1, -0.05) is 23.7 Å². The van der Waals surface area contributed by atoms with E-state index in [9.17, 15) is 4.79 Å². The van der Waals surface area contributed by atoms with Crippen molar-refractivity contribution in [1.82, 2.24) is 9.55 Å². The van der Waals surface area contributed by atoms with E-state index in [0.29, 0.717) is 29.1 Å². The van der Waals surface area contributed by atoms with Gasteiger partial charge in [-0.25, -0.2) is 4.98 Å². The fraction of sp³-hybridized carbons (Fsp3) is 0.200. The van der Waals surface area contributed by atoms with Crippen LogP contribution in [0, 0.1) is 0 Å². The third-order valence-corrected chi connectivity index (χ3v) is 4.58. The molecule has 2 aromatic carbocycles. The van der Waals surface area contributed by atoms with Gasteiger partial charge in [0.15, 0.2) is 0 Å². The maximum Gasteiger partial charge on any atom is 0.261 e. The first-order valence-corrected chi connectivity index (χ1v) is 8.67. The van der Waals surface area contributed by atoms with Crippen LogP contribution in [0.15, 0.2) is 47.3 Å². The average Bonchev–Trinajstić information content (AvgIpc) is 3.01. The zero-order valence-corrected chi connectivity index (χ0v) is 14.6. The van der Waals surface area contributed by atoms with E-state index in [1.807, 2.05) is 31.2 Å². The maximum atomic E-state index is 12.7. The fourth-order valence-corrected chi connectivity index (χ4v) is 3.33. The number of hydrogen-bond donors (Lipinski definition) is 0. The molecule has 0 N–H and O–H groups in total. The van der Waals surface area contributed by atoms with Crippen LogP contribution in [0.1, 0.15) is 24.7 Å². The van der Waals surface area contributed by atoms with Crippen LogP contribution >= 0.6 is 11.6 Å². The molecule has 1 aromatic heterocycles. The lowest BCUT2D eigenvalue weighted by Crippen LogP contribution is -2.20. The van der Waals surface area contributed by atoms with Gasteiger partial charge in [-0.05, 0) is 60.9 Å². The summed E-state index contributed by atoms with van der Waals surface area (Å²) in [6.07, 6.45) is 2.88. The molecule has 1 aliphatic heterocycles. The van der Waals surface area contributed by atoms with Gasteiger partial charge in [0, 0.05) is 11.6 Å². The molecule has 3 aromatic rings. The molecule has 1 aliphatic rings. The van der Waals surface area contributed by atoms with Crippen LogP contribution in [-0.4, -0.2) is 16.2 Å². The minimum Gasteiger partial charge on any atom is -0.494 e. The first kappa shape index (κ1) is 15.9. The summed E-state index contributed by atoms with van der Waals surface area (Å²) in [5, 5.41) is 1.12. The van der Waals surface area contributed by atoms with Crippen molar-refractivity contribution in [3.05, 3.63) is 69.2 Å². The largest absolute Gasteiger partial charge is 0.494 e. The van der Waals surface area contributed by atoms with Crippen LogP contribution in [0.5, 0.6) is 5.75 Å². The predicted octanol–water partition coefficient (Wildman–Crippen LogP) is 4.39. The third kappa shape index (κ3) is 2.94. The Morgan fingerprint density at radius 2 is 2.04 bits per heavy atom. The Morgan fingerprint density at radius 3 is 2.80 bits per heavy atom. The van der Waals surface area contributed by atoms with Crippen molar-refractivity contribution >= 4 is 34.2 Å². The maximum absolute atomic E-state index is 12.7. The lowest BCUT2D eigenvalue weighted by molar-refractivity contribution is 0.340. The van der Waals surface area contributed by atoms with E-state index in [1.54, 1.807) is 22.8 Å². The van der Waals surface area contributed by atoms with Crippen molar-refractivity contribution in [1.29, 1.82) is 0 Å². The average molecular weight is 353 g/mol. The number of nitrogens with zero attached hydrogens (tertiary/aromatic N) is 2. The zero-order valence-electron chi connectivity index (χ0n) is 13.8. The highest BCUT2D eigenvalue weighted by Crippen LogP contribution is 2.28. The fourth-order valence-electron chi connectivity index (χ4n) is 3.15. The molecule has 0 saturated carbocycles. The molecule has 0 spiro atoms. The Morgan fingerprint density at radius 1 is 1.24 bits per heavy atom. The van der Waals surface area contributed by atoms with Crippen molar-refractivity contribution in [3.63, 3.8) is 0 Å². The molecule has 2 heterocycles. The van der Waals surface area contributed by atoms with Crippen LogP contribution < -0.4 is 10.3 Å². The topological polar surface area (TPSA) is 44.1 Å². The number of halogens is 1. The van der Waals surface area contributed by atoms with Gasteiger partial charge in [-0.3, -0.25) is 9.36 Å². The zero-order chi connectivity index (χ0) is 17.4. The number of allylic oxidation sites excluding steroid dienone is 1. The normalized spacial score (nSPS) is 14.9. The van der Waals surface area contributed by atoms with E-state index >= 15 is 0 Å². The molecule has 126 valence electrons. The van der Waals surface area contributed by atoms with E-state index < -0.39 is 0 Å². The number of benzene rings is 2. The molecule has 0 unspecified atom stereocenters. The van der Waals surface area contributed by atoms with Gasteiger partial charge in [0.05, 0.1) is 17.5 Å². The SMILES string of the molecule is CCOc1ccc(/C=C2\CCn3c2nc2ccc(Cl)cc2c3=O)cc1. The quantitative estimate of drug-likeness (QED) is 0.702. The van der Waals surface area contributed by atoms with Gasteiger partial charge >= 0.3 is 0 Å². The van der Waals surface area contributed by atoms with Crippen LogP contribution in [0.3, 0.4) is 0 Å². The molecule has 4 rings (SSSR count). The Bertz CT molecular complexity index is 1040. The molecular weight excluding hydrogens is 336 g/mol. The summed E-state index contributed by atoms with van der Waals surface area (Å²) in [5.74, 6) is 1.60. The Hall–Kier alpha value is -2.59. The van der Waals surface area contributed by atoms with Crippen LogP contribution in [0.2, 0.25) is 5.02 Å². The van der Waals surface area contributed by atoms with Gasteiger partial charge in [0.2, 0.25) is 0 Å². The highest BCUT2D eigenvalue weighted by Gasteiger charge is 2.20. The van der Waals surface area contributed by atoms with Crippen molar-refractivity contribution in [3.8, 4) is 5.75 Å². The minimum atomic E-state index is -0.0300. The standard InChI is InChI=1S/C20H17ClN2O2/c1-2-25-16-6-3-13(4-7-16)11-14-9-10-23-19(14)22-18-8-5-15(21)12-17(18)20(23)24/h3-8,11-12H,2,9-10H2,1H3/b14-11+. The summed E-state index contributed by atoms with van der Waals surface area (Å²) in [6.45, 7) is 3.26. The third-order valence-electron chi connectivity index (χ3n) is 4.34. The second kappa shape index (κ2) is 6.37. The van der Waals surface area contributed by atoms with Crippen molar-refractivity contribution < 1.29 is 4.74 Å². The molecule has 0 bridgehead atoms. The first-order chi connectivity index (χ1) is 12.2. The Balaban J connectivity index is 1.77. The van der Waals surface area contributed by atoms with E-state index in [1.165, 1.54) is 0 Å². The van der Waals surface area contributed by atoms with Gasteiger partial charge < -0.3 is 4.74 Å². The number of fused-ring (bicyclic) bond motifs is 2. The molecular formula is C20H17ClN2O2. The second-order valence-electron chi connectivity index (χ2n) is 5.98. The summed E-state index contributed by atoms with van der Waals surface area (Å²) in [6, 6.07) is 13.2. The smallest absolute Gasteiger partial charge is 0.261 e. The van der Waals surface area contributed by atoms with Gasteiger partial charge in [0.25, 0.3) is 5.56 Å². The Kier molecular flexibility index (Phi) is 4.06. The first-order valence-electron chi connectivity index (χ1n) is 8.29. The summed E-state index contributed by atoms with van der Waals surface area (Å²) < 4.78 is 7.21. The predicted molar refractivity (Wildman–Crippen MR) is 101 cm³/mol. The van der Waals surface area contributed by atoms with Crippen molar-refractivity contribution in [2.75, 3.05) is 6.61 Å². The number of ether oxygens (including phenoxy) is 1. The summed E-state index contributed by atoms with van der Waals surface area (Å²) in [5.41, 5.74) is 2.79. The minimum absolute atomic E-state index is 0.0300. The number of rotatable bonds is 3. The number of aromatic nitrogens is 2. The lowest BCUT2D eigenvalue weighted by atomic mass is 10.1. The molecule has 0 fully saturated rings. The highest BCUT2D eigenvalue weighted by molar-refractivity contribution is 6.31. The summed E-state index contributed by atoms with van der Waals surface area (Å²) in [7, 11) is 0. The lowest BCUT2D eigenvalue weighted by Gasteiger charge is -2.06. The summed E-state index contributed by atoms with van der Waals surface area (Å²) >= 11 is 6.02. The van der Waals surface area contributed by atoms with Gasteiger partial charge in [0.1, 0.15) is 11.6 Å². The monoisotopic (exact) mass is 352 g/mol. The van der Waals surface area contributed by atoms with E-state index in [4.69, 9.17) is 21.3 Å². The van der Waals surface area contributed by atoms with Crippen molar-refractivity contribution in [2.45, 2.75) is 19.9 Å². The summed E-state index contributed by atoms with van der Waals surface area (Å²) in [4.78, 5) is 17.4. The van der Waals surface area contributed by atoms with Crippen LogP contribution in [0.25, 0.3) is 22.6 Å². The molecule has 0 aliphatic carbocycles. The van der Waals surface area contributed by atoms with Crippen LogP contribution in [-0.2, 0) is 6.54 Å². The molecule has 0 amide bonds. The molecule has 0 radical (unpaired) electrons. The highest BCUT2D eigenvalue weighted by atomic mass is 35.5. The molecule has 0 atom stereocenters. The van der Waals surface area contributed by atoms with E-state index in [2.05, 4.69) is 6.08 Å². The van der Waals surface area contributed by atoms with Gasteiger partial charge in [-0.15, -0.1) is 0 Å². The molecule has 0 saturated heterocycles.